The fourth-order valence-electron chi connectivity index (χ4n) is 1.13. The van der Waals surface area contributed by atoms with Crippen molar-refractivity contribution in [1.29, 1.82) is 0 Å². The maximum absolute atomic E-state index is 4.13. The lowest BCUT2D eigenvalue weighted by Crippen LogP contribution is -2.34. The van der Waals surface area contributed by atoms with E-state index in [0.29, 0.717) is 0 Å². The molecule has 0 spiro atoms. The van der Waals surface area contributed by atoms with Gasteiger partial charge < -0.3 is 5.01 Å². The molecule has 0 fully saturated rings. The fraction of sp³-hybridized carbons (Fsp3) is 0.778. The summed E-state index contributed by atoms with van der Waals surface area (Å²) in [4.78, 5) is 0. The van der Waals surface area contributed by atoms with Crippen LogP contribution < -0.4 is 5.01 Å². The predicted molar refractivity (Wildman–Crippen MR) is 53.4 cm³/mol. The first-order valence-corrected chi connectivity index (χ1v) is 4.58. The molecule has 0 atom stereocenters. The van der Waals surface area contributed by atoms with Gasteiger partial charge in [0.15, 0.2) is 5.82 Å². The zero-order valence-corrected chi connectivity index (χ0v) is 9.07. The van der Waals surface area contributed by atoms with Gasteiger partial charge in [0.25, 0.3) is 0 Å². The third-order valence-corrected chi connectivity index (χ3v) is 2.03. The van der Waals surface area contributed by atoms with Gasteiger partial charge in [-0.15, -0.1) is 10.2 Å². The molecule has 1 aromatic rings. The van der Waals surface area contributed by atoms with Crippen LogP contribution in [0.4, 0.5) is 0 Å². The van der Waals surface area contributed by atoms with Crippen molar-refractivity contribution < 1.29 is 0 Å². The van der Waals surface area contributed by atoms with Gasteiger partial charge in [0.1, 0.15) is 6.33 Å². The largest absolute Gasteiger partial charge is 0.313 e. The highest BCUT2D eigenvalue weighted by Crippen LogP contribution is 2.18. The van der Waals surface area contributed by atoms with Crippen molar-refractivity contribution >= 4 is 0 Å². The van der Waals surface area contributed by atoms with E-state index in [0.717, 1.165) is 12.4 Å². The molecule has 0 amide bonds. The van der Waals surface area contributed by atoms with E-state index in [4.69, 9.17) is 0 Å². The van der Waals surface area contributed by atoms with Crippen LogP contribution in [0.2, 0.25) is 0 Å². The molecule has 0 aliphatic heterocycles. The summed E-state index contributed by atoms with van der Waals surface area (Å²) in [6.07, 6.45) is 1.75. The van der Waals surface area contributed by atoms with Gasteiger partial charge in [-0.05, 0) is 6.92 Å². The summed E-state index contributed by atoms with van der Waals surface area (Å²) in [6.45, 7) is 9.46. The minimum atomic E-state index is 0.0416. The highest BCUT2D eigenvalue weighted by atomic mass is 15.6. The summed E-state index contributed by atoms with van der Waals surface area (Å²) in [5.41, 5.74) is 0.0416. The van der Waals surface area contributed by atoms with E-state index in [1.54, 1.807) is 6.33 Å². The van der Waals surface area contributed by atoms with Crippen molar-refractivity contribution in [2.24, 2.45) is 0 Å². The molecule has 0 aliphatic rings. The molecular formula is C9H18N4. The van der Waals surface area contributed by atoms with E-state index in [2.05, 4.69) is 42.9 Å². The van der Waals surface area contributed by atoms with E-state index in [1.165, 1.54) is 0 Å². The van der Waals surface area contributed by atoms with Crippen molar-refractivity contribution in [3.8, 4) is 0 Å². The summed E-state index contributed by atoms with van der Waals surface area (Å²) < 4.78 is 2.00. The number of nitrogens with zero attached hydrogens (tertiary/aromatic N) is 4. The topological polar surface area (TPSA) is 34.0 Å². The van der Waals surface area contributed by atoms with Crippen LogP contribution in [-0.4, -0.2) is 28.5 Å². The Morgan fingerprint density at radius 2 is 2.08 bits per heavy atom. The Morgan fingerprint density at radius 3 is 2.54 bits per heavy atom. The molecule has 1 heterocycles. The Morgan fingerprint density at radius 1 is 1.46 bits per heavy atom. The summed E-state index contributed by atoms with van der Waals surface area (Å²) >= 11 is 0. The molecule has 0 aromatic carbocycles. The number of hydrogen-bond donors (Lipinski definition) is 0. The normalized spacial score (nSPS) is 11.8. The molecule has 1 aromatic heterocycles. The lowest BCUT2D eigenvalue weighted by Gasteiger charge is -2.25. The zero-order chi connectivity index (χ0) is 10.1. The molecule has 0 bridgehead atoms. The van der Waals surface area contributed by atoms with Crippen molar-refractivity contribution in [3.05, 3.63) is 12.2 Å². The van der Waals surface area contributed by atoms with Crippen LogP contribution in [0.5, 0.6) is 0 Å². The Bertz CT molecular complexity index is 271. The Labute approximate surface area is 79.5 Å². The molecule has 0 saturated heterocycles. The molecule has 4 nitrogen and oxygen atoms in total. The Hall–Kier alpha value is -1.06. The zero-order valence-electron chi connectivity index (χ0n) is 9.07. The highest BCUT2D eigenvalue weighted by Gasteiger charge is 2.21. The van der Waals surface area contributed by atoms with Crippen molar-refractivity contribution in [2.45, 2.75) is 33.1 Å². The second-order valence-electron chi connectivity index (χ2n) is 4.22. The van der Waals surface area contributed by atoms with Gasteiger partial charge in [0.05, 0.1) is 0 Å². The summed E-state index contributed by atoms with van der Waals surface area (Å²) in [5.74, 6) is 0.997. The third kappa shape index (κ3) is 1.99. The van der Waals surface area contributed by atoms with Crippen LogP contribution in [0.15, 0.2) is 6.33 Å². The van der Waals surface area contributed by atoms with E-state index in [1.807, 2.05) is 11.7 Å². The molecule has 1 rings (SSSR count). The summed E-state index contributed by atoms with van der Waals surface area (Å²) in [7, 11) is 2.03. The summed E-state index contributed by atoms with van der Waals surface area (Å²) in [6, 6.07) is 0. The minimum Gasteiger partial charge on any atom is -0.313 e. The molecule has 0 unspecified atom stereocenters. The molecule has 4 heteroatoms. The molecule has 74 valence electrons. The first-order chi connectivity index (χ1) is 5.96. The fourth-order valence-corrected chi connectivity index (χ4v) is 1.13. The third-order valence-electron chi connectivity index (χ3n) is 2.03. The quantitative estimate of drug-likeness (QED) is 0.688. The van der Waals surface area contributed by atoms with Crippen molar-refractivity contribution in [1.82, 2.24) is 14.9 Å². The molecule has 0 saturated carbocycles. The van der Waals surface area contributed by atoms with Gasteiger partial charge >= 0.3 is 0 Å². The SMILES string of the molecule is CCN(C)n1cnnc1C(C)(C)C. The van der Waals surface area contributed by atoms with E-state index in [9.17, 15) is 0 Å². The predicted octanol–water partition coefficient (Wildman–Crippen LogP) is 1.16. The minimum absolute atomic E-state index is 0.0416. The van der Waals surface area contributed by atoms with E-state index in [-0.39, 0.29) is 5.41 Å². The smallest absolute Gasteiger partial charge is 0.157 e. The van der Waals surface area contributed by atoms with Gasteiger partial charge in [0, 0.05) is 19.0 Å². The number of rotatable bonds is 2. The summed E-state index contributed by atoms with van der Waals surface area (Å²) in [5, 5.41) is 10.1. The van der Waals surface area contributed by atoms with Crippen LogP contribution >= 0.6 is 0 Å². The van der Waals surface area contributed by atoms with Gasteiger partial charge in [-0.2, -0.15) is 0 Å². The van der Waals surface area contributed by atoms with Crippen LogP contribution in [0, 0.1) is 0 Å². The van der Waals surface area contributed by atoms with Crippen LogP contribution in [0.25, 0.3) is 0 Å². The number of hydrogen-bond acceptors (Lipinski definition) is 3. The molecule has 0 N–H and O–H groups in total. The monoisotopic (exact) mass is 182 g/mol. The Balaban J connectivity index is 3.03. The average molecular weight is 182 g/mol. The second-order valence-corrected chi connectivity index (χ2v) is 4.22. The van der Waals surface area contributed by atoms with E-state index < -0.39 is 0 Å². The van der Waals surface area contributed by atoms with Crippen molar-refractivity contribution in [3.63, 3.8) is 0 Å². The van der Waals surface area contributed by atoms with E-state index >= 15 is 0 Å². The van der Waals surface area contributed by atoms with Crippen LogP contribution in [0.1, 0.15) is 33.5 Å². The first kappa shape index (κ1) is 10.0. The second kappa shape index (κ2) is 3.36. The standard InChI is InChI=1S/C9H18N4/c1-6-12(5)13-7-10-11-8(13)9(2,3)4/h7H,6H2,1-5H3. The van der Waals surface area contributed by atoms with Gasteiger partial charge in [0.2, 0.25) is 0 Å². The highest BCUT2D eigenvalue weighted by molar-refractivity contribution is 5.04. The Kier molecular flexibility index (Phi) is 2.59. The van der Waals surface area contributed by atoms with Gasteiger partial charge in [-0.25, -0.2) is 4.68 Å². The van der Waals surface area contributed by atoms with Crippen LogP contribution in [0.3, 0.4) is 0 Å². The average Bonchev–Trinajstić information content (AvgIpc) is 2.49. The molecule has 0 aliphatic carbocycles. The van der Waals surface area contributed by atoms with Gasteiger partial charge in [-0.3, -0.25) is 0 Å². The molecule has 13 heavy (non-hydrogen) atoms. The molecular weight excluding hydrogens is 164 g/mol. The number of aromatic nitrogens is 3. The van der Waals surface area contributed by atoms with Crippen LogP contribution in [-0.2, 0) is 5.41 Å². The maximum Gasteiger partial charge on any atom is 0.157 e. The lowest BCUT2D eigenvalue weighted by molar-refractivity contribution is 0.493. The van der Waals surface area contributed by atoms with Gasteiger partial charge in [-0.1, -0.05) is 20.8 Å². The van der Waals surface area contributed by atoms with Crippen molar-refractivity contribution in [2.75, 3.05) is 18.6 Å². The maximum atomic E-state index is 4.13. The molecule has 0 radical (unpaired) electrons. The first-order valence-electron chi connectivity index (χ1n) is 4.58. The lowest BCUT2D eigenvalue weighted by atomic mass is 9.96.